The molecule has 4 heteroatoms. The van der Waals surface area contributed by atoms with E-state index in [0.717, 1.165) is 58.6 Å². The summed E-state index contributed by atoms with van der Waals surface area (Å²) in [4.78, 5) is 17.3. The van der Waals surface area contributed by atoms with Gasteiger partial charge < -0.3 is 14.5 Å². The van der Waals surface area contributed by atoms with Crippen molar-refractivity contribution in [2.24, 2.45) is 17.3 Å². The molecule has 0 bridgehead atoms. The molecule has 0 aromatic rings. The van der Waals surface area contributed by atoms with Crippen molar-refractivity contribution >= 4 is 5.91 Å². The number of carbonyl (C=O) groups excluding carboxylic acids is 1. The lowest BCUT2D eigenvalue weighted by Gasteiger charge is -2.30. The highest BCUT2D eigenvalue weighted by Crippen LogP contribution is 2.44. The van der Waals surface area contributed by atoms with Crippen LogP contribution in [-0.4, -0.2) is 62.1 Å². The second-order valence-corrected chi connectivity index (χ2v) is 6.99. The topological polar surface area (TPSA) is 32.8 Å². The number of hydrogen-bond acceptors (Lipinski definition) is 3. The van der Waals surface area contributed by atoms with Crippen LogP contribution in [-0.2, 0) is 9.53 Å². The summed E-state index contributed by atoms with van der Waals surface area (Å²) in [6.45, 7) is 8.28. The lowest BCUT2D eigenvalue weighted by Crippen LogP contribution is -2.39. The molecule has 2 heterocycles. The summed E-state index contributed by atoms with van der Waals surface area (Å²) in [5.41, 5.74) is 0.272. The largest absolute Gasteiger partial charge is 0.384 e. The van der Waals surface area contributed by atoms with Gasteiger partial charge in [0.1, 0.15) is 0 Å². The number of likely N-dealkylation sites (tertiary alicyclic amines) is 2. The number of methoxy groups -OCH3 is 1. The molecule has 2 saturated heterocycles. The maximum atomic E-state index is 12.6. The highest BCUT2D eigenvalue weighted by atomic mass is 16.5. The Bertz CT molecular complexity index is 415. The van der Waals surface area contributed by atoms with Gasteiger partial charge in [-0.05, 0) is 25.8 Å². The fourth-order valence-electron chi connectivity index (χ4n) is 4.44. The van der Waals surface area contributed by atoms with Crippen LogP contribution in [0.15, 0.2) is 12.2 Å². The zero-order valence-corrected chi connectivity index (χ0v) is 13.4. The van der Waals surface area contributed by atoms with Gasteiger partial charge in [-0.15, -0.1) is 0 Å². The Hall–Kier alpha value is -0.870. The van der Waals surface area contributed by atoms with Gasteiger partial charge in [0, 0.05) is 50.5 Å². The van der Waals surface area contributed by atoms with Gasteiger partial charge in [0.05, 0.1) is 6.61 Å². The molecule has 0 N–H and O–H groups in total. The molecule has 2 aliphatic heterocycles. The predicted molar refractivity (Wildman–Crippen MR) is 83.0 cm³/mol. The standard InChI is InChI=1S/C17H28N2O2/c1-3-18-10-15(11-21-2)17(12-18)8-9-19(13-17)16(20)14-6-4-5-7-14/h4-5,14-15H,3,6-13H2,1-2H3/t15-,17-/m1/s1. The summed E-state index contributed by atoms with van der Waals surface area (Å²) in [7, 11) is 1.80. The first kappa shape index (κ1) is 15.0. The molecule has 2 fully saturated rings. The van der Waals surface area contributed by atoms with Gasteiger partial charge in [-0.1, -0.05) is 19.1 Å². The van der Waals surface area contributed by atoms with E-state index in [1.165, 1.54) is 0 Å². The minimum atomic E-state index is 0.213. The van der Waals surface area contributed by atoms with E-state index in [4.69, 9.17) is 4.74 Å². The van der Waals surface area contributed by atoms with E-state index < -0.39 is 0 Å². The van der Waals surface area contributed by atoms with Gasteiger partial charge in [-0.25, -0.2) is 0 Å². The summed E-state index contributed by atoms with van der Waals surface area (Å²) in [6, 6.07) is 0. The molecule has 0 saturated carbocycles. The highest BCUT2D eigenvalue weighted by Gasteiger charge is 2.51. The van der Waals surface area contributed by atoms with Crippen molar-refractivity contribution in [1.82, 2.24) is 9.80 Å². The summed E-state index contributed by atoms with van der Waals surface area (Å²) in [6.07, 6.45) is 7.31. The fourth-order valence-corrected chi connectivity index (χ4v) is 4.44. The number of nitrogens with zero attached hydrogens (tertiary/aromatic N) is 2. The lowest BCUT2D eigenvalue weighted by molar-refractivity contribution is -0.134. The van der Waals surface area contributed by atoms with Crippen LogP contribution < -0.4 is 0 Å². The van der Waals surface area contributed by atoms with Gasteiger partial charge in [0.2, 0.25) is 5.91 Å². The Balaban J connectivity index is 1.67. The van der Waals surface area contributed by atoms with Crippen molar-refractivity contribution in [3.8, 4) is 0 Å². The van der Waals surface area contributed by atoms with Crippen molar-refractivity contribution in [3.63, 3.8) is 0 Å². The molecule has 118 valence electrons. The summed E-state index contributed by atoms with van der Waals surface area (Å²) >= 11 is 0. The molecule has 1 amide bonds. The molecule has 1 aliphatic carbocycles. The third-order valence-corrected chi connectivity index (χ3v) is 5.75. The summed E-state index contributed by atoms with van der Waals surface area (Å²) in [5.74, 6) is 1.16. The molecule has 0 unspecified atom stereocenters. The van der Waals surface area contributed by atoms with E-state index in [1.54, 1.807) is 7.11 Å². The van der Waals surface area contributed by atoms with Gasteiger partial charge in [-0.2, -0.15) is 0 Å². The van der Waals surface area contributed by atoms with Crippen molar-refractivity contribution in [2.75, 3.05) is 46.4 Å². The third kappa shape index (κ3) is 2.76. The van der Waals surface area contributed by atoms with E-state index in [9.17, 15) is 4.79 Å². The van der Waals surface area contributed by atoms with Crippen LogP contribution in [0.4, 0.5) is 0 Å². The van der Waals surface area contributed by atoms with Crippen LogP contribution in [0.5, 0.6) is 0 Å². The van der Waals surface area contributed by atoms with E-state index in [-0.39, 0.29) is 11.3 Å². The van der Waals surface area contributed by atoms with Crippen LogP contribution in [0.1, 0.15) is 26.2 Å². The number of amides is 1. The molecular formula is C17H28N2O2. The first-order valence-corrected chi connectivity index (χ1v) is 8.33. The molecule has 3 aliphatic rings. The average Bonchev–Trinajstić information content (AvgIpc) is 3.21. The van der Waals surface area contributed by atoms with Crippen LogP contribution in [0, 0.1) is 17.3 Å². The first-order valence-electron chi connectivity index (χ1n) is 8.33. The second kappa shape index (κ2) is 6.09. The summed E-state index contributed by atoms with van der Waals surface area (Å²) in [5, 5.41) is 0. The second-order valence-electron chi connectivity index (χ2n) is 6.99. The minimum absolute atomic E-state index is 0.213. The average molecular weight is 292 g/mol. The van der Waals surface area contributed by atoms with Crippen molar-refractivity contribution < 1.29 is 9.53 Å². The Morgan fingerprint density at radius 3 is 2.76 bits per heavy atom. The maximum absolute atomic E-state index is 12.6. The Kier molecular flexibility index (Phi) is 4.36. The lowest BCUT2D eigenvalue weighted by atomic mass is 9.77. The van der Waals surface area contributed by atoms with Crippen molar-refractivity contribution in [1.29, 1.82) is 0 Å². The van der Waals surface area contributed by atoms with Crippen LogP contribution in [0.2, 0.25) is 0 Å². The fraction of sp³-hybridized carbons (Fsp3) is 0.824. The van der Waals surface area contributed by atoms with E-state index in [0.29, 0.717) is 11.8 Å². The number of ether oxygens (including phenoxy) is 1. The smallest absolute Gasteiger partial charge is 0.226 e. The maximum Gasteiger partial charge on any atom is 0.226 e. The predicted octanol–water partition coefficient (Wildman–Crippen LogP) is 1.77. The third-order valence-electron chi connectivity index (χ3n) is 5.75. The first-order chi connectivity index (χ1) is 10.2. The molecule has 2 atom stereocenters. The normalized spacial score (nSPS) is 33.6. The number of rotatable bonds is 4. The minimum Gasteiger partial charge on any atom is -0.384 e. The van der Waals surface area contributed by atoms with Crippen molar-refractivity contribution in [3.05, 3.63) is 12.2 Å². The van der Waals surface area contributed by atoms with Gasteiger partial charge in [0.15, 0.2) is 0 Å². The zero-order chi connectivity index (χ0) is 14.9. The molecular weight excluding hydrogens is 264 g/mol. The number of hydrogen-bond donors (Lipinski definition) is 0. The molecule has 0 aromatic heterocycles. The molecule has 21 heavy (non-hydrogen) atoms. The van der Waals surface area contributed by atoms with E-state index >= 15 is 0 Å². The van der Waals surface area contributed by atoms with Crippen LogP contribution >= 0.6 is 0 Å². The van der Waals surface area contributed by atoms with E-state index in [1.807, 2.05) is 0 Å². The molecule has 0 radical (unpaired) electrons. The Morgan fingerprint density at radius 1 is 1.33 bits per heavy atom. The molecule has 1 spiro atoms. The number of allylic oxidation sites excluding steroid dienone is 2. The number of carbonyl (C=O) groups is 1. The summed E-state index contributed by atoms with van der Waals surface area (Å²) < 4.78 is 5.46. The van der Waals surface area contributed by atoms with Crippen molar-refractivity contribution in [2.45, 2.75) is 26.2 Å². The molecule has 0 aromatic carbocycles. The van der Waals surface area contributed by atoms with Crippen LogP contribution in [0.25, 0.3) is 0 Å². The zero-order valence-electron chi connectivity index (χ0n) is 13.4. The van der Waals surface area contributed by atoms with Gasteiger partial charge in [0.25, 0.3) is 0 Å². The van der Waals surface area contributed by atoms with E-state index in [2.05, 4.69) is 28.9 Å². The van der Waals surface area contributed by atoms with Gasteiger partial charge in [-0.3, -0.25) is 4.79 Å². The quantitative estimate of drug-likeness (QED) is 0.740. The monoisotopic (exact) mass is 292 g/mol. The van der Waals surface area contributed by atoms with Gasteiger partial charge >= 0.3 is 0 Å². The Morgan fingerprint density at radius 2 is 2.10 bits per heavy atom. The highest BCUT2D eigenvalue weighted by molar-refractivity contribution is 5.80. The Labute approximate surface area is 128 Å². The SMILES string of the molecule is CCN1C[C@H](COC)[C@]2(CCN(C(=O)C3CC=CC3)C2)C1. The molecule has 4 nitrogen and oxygen atoms in total. The molecule has 3 rings (SSSR count). The van der Waals surface area contributed by atoms with Crippen LogP contribution in [0.3, 0.4) is 0 Å².